The van der Waals surface area contributed by atoms with E-state index in [2.05, 4.69) is 4.72 Å². The molecular weight excluding hydrogens is 226 g/mol. The lowest BCUT2D eigenvalue weighted by Gasteiger charge is -2.05. The fourth-order valence-corrected chi connectivity index (χ4v) is 2.92. The molecule has 0 aromatic heterocycles. The van der Waals surface area contributed by atoms with Crippen LogP contribution in [-0.2, 0) is 22.4 Å². The average Bonchev–Trinajstić information content (AvgIpc) is 3.01. The van der Waals surface area contributed by atoms with Crippen LogP contribution in [0.2, 0.25) is 0 Å². The maximum Gasteiger partial charge on any atom is 0.216 e. The monoisotopic (exact) mass is 241 g/mol. The van der Waals surface area contributed by atoms with Gasteiger partial charge in [-0.3, -0.25) is 0 Å². The molecule has 4 nitrogen and oxygen atoms in total. The van der Waals surface area contributed by atoms with Crippen LogP contribution in [-0.4, -0.2) is 19.6 Å². The third kappa shape index (κ3) is 3.30. The van der Waals surface area contributed by atoms with Crippen molar-refractivity contribution in [2.75, 3.05) is 0 Å². The molecule has 0 spiro atoms. The Morgan fingerprint density at radius 3 is 2.25 bits per heavy atom. The molecular formula is C11H15NO3S. The van der Waals surface area contributed by atoms with Gasteiger partial charge in [0.15, 0.2) is 0 Å². The molecule has 0 heterocycles. The Hall–Kier alpha value is -0.910. The molecule has 1 saturated carbocycles. The van der Waals surface area contributed by atoms with Gasteiger partial charge < -0.3 is 5.11 Å². The zero-order valence-electron chi connectivity index (χ0n) is 8.89. The average molecular weight is 241 g/mol. The van der Waals surface area contributed by atoms with Gasteiger partial charge in [-0.05, 0) is 24.0 Å². The van der Waals surface area contributed by atoms with Crippen molar-refractivity contribution in [2.45, 2.75) is 31.2 Å². The van der Waals surface area contributed by atoms with Gasteiger partial charge >= 0.3 is 0 Å². The third-order valence-electron chi connectivity index (χ3n) is 2.49. The molecule has 0 saturated heterocycles. The van der Waals surface area contributed by atoms with E-state index >= 15 is 0 Å². The number of aliphatic hydroxyl groups excluding tert-OH is 1. The van der Waals surface area contributed by atoms with E-state index in [1.54, 1.807) is 24.3 Å². The van der Waals surface area contributed by atoms with E-state index in [1.807, 2.05) is 0 Å². The van der Waals surface area contributed by atoms with E-state index < -0.39 is 10.0 Å². The molecule has 0 aliphatic heterocycles. The van der Waals surface area contributed by atoms with Crippen LogP contribution in [0.15, 0.2) is 24.3 Å². The number of nitrogens with one attached hydrogen (secondary N) is 1. The zero-order valence-corrected chi connectivity index (χ0v) is 9.70. The minimum atomic E-state index is -3.20. The molecule has 0 bridgehead atoms. The van der Waals surface area contributed by atoms with Crippen molar-refractivity contribution in [3.8, 4) is 0 Å². The van der Waals surface area contributed by atoms with Crippen LogP contribution in [0.1, 0.15) is 24.0 Å². The normalized spacial score (nSPS) is 16.3. The van der Waals surface area contributed by atoms with Crippen LogP contribution in [0.5, 0.6) is 0 Å². The quantitative estimate of drug-likeness (QED) is 0.800. The lowest BCUT2D eigenvalue weighted by molar-refractivity contribution is 0.282. The molecule has 0 unspecified atom stereocenters. The molecule has 0 radical (unpaired) electrons. The van der Waals surface area contributed by atoms with E-state index in [0.717, 1.165) is 24.0 Å². The Morgan fingerprint density at radius 2 is 1.75 bits per heavy atom. The molecule has 88 valence electrons. The van der Waals surface area contributed by atoms with Crippen LogP contribution in [0.3, 0.4) is 0 Å². The van der Waals surface area contributed by atoms with Gasteiger partial charge in [-0.25, -0.2) is 13.1 Å². The zero-order chi connectivity index (χ0) is 11.6. The number of sulfonamides is 1. The van der Waals surface area contributed by atoms with Crippen molar-refractivity contribution in [1.82, 2.24) is 4.72 Å². The summed E-state index contributed by atoms with van der Waals surface area (Å²) in [5.74, 6) is 0.00914. The number of rotatable bonds is 5. The molecule has 2 N–H and O–H groups in total. The summed E-state index contributed by atoms with van der Waals surface area (Å²) in [6, 6.07) is 7.10. The highest BCUT2D eigenvalue weighted by molar-refractivity contribution is 7.88. The maximum absolute atomic E-state index is 11.6. The van der Waals surface area contributed by atoms with Gasteiger partial charge in [0.1, 0.15) is 0 Å². The Labute approximate surface area is 95.4 Å². The first kappa shape index (κ1) is 11.6. The summed E-state index contributed by atoms with van der Waals surface area (Å²) >= 11 is 0. The van der Waals surface area contributed by atoms with E-state index in [-0.39, 0.29) is 18.4 Å². The summed E-state index contributed by atoms with van der Waals surface area (Å²) in [6.07, 6.45) is 1.89. The molecule has 5 heteroatoms. The largest absolute Gasteiger partial charge is 0.392 e. The minimum Gasteiger partial charge on any atom is -0.392 e. The molecule has 1 fully saturated rings. The molecule has 1 aliphatic rings. The van der Waals surface area contributed by atoms with Crippen LogP contribution < -0.4 is 4.72 Å². The van der Waals surface area contributed by atoms with E-state index in [9.17, 15) is 8.42 Å². The predicted molar refractivity (Wildman–Crippen MR) is 61.1 cm³/mol. The SMILES string of the molecule is O=S(=O)(Cc1ccc(CO)cc1)NC1CC1. The van der Waals surface area contributed by atoms with Crippen molar-refractivity contribution < 1.29 is 13.5 Å². The fourth-order valence-electron chi connectivity index (χ4n) is 1.46. The highest BCUT2D eigenvalue weighted by Gasteiger charge is 2.26. The first-order chi connectivity index (χ1) is 7.59. The van der Waals surface area contributed by atoms with Gasteiger partial charge in [0, 0.05) is 6.04 Å². The molecule has 0 atom stereocenters. The third-order valence-corrected chi connectivity index (χ3v) is 3.89. The van der Waals surface area contributed by atoms with E-state index in [4.69, 9.17) is 5.11 Å². The van der Waals surface area contributed by atoms with Crippen molar-refractivity contribution in [3.05, 3.63) is 35.4 Å². The molecule has 1 aromatic carbocycles. The van der Waals surface area contributed by atoms with E-state index in [0.29, 0.717) is 0 Å². The highest BCUT2D eigenvalue weighted by Crippen LogP contribution is 2.20. The van der Waals surface area contributed by atoms with Crippen LogP contribution in [0.25, 0.3) is 0 Å². The van der Waals surface area contributed by atoms with Gasteiger partial charge in [0.25, 0.3) is 0 Å². The topological polar surface area (TPSA) is 66.4 Å². The Balaban J connectivity index is 2.01. The predicted octanol–water partition coefficient (Wildman–Crippen LogP) is 0.761. The lowest BCUT2D eigenvalue weighted by Crippen LogP contribution is -2.27. The van der Waals surface area contributed by atoms with Crippen LogP contribution in [0, 0.1) is 0 Å². The van der Waals surface area contributed by atoms with Crippen LogP contribution >= 0.6 is 0 Å². The Morgan fingerprint density at radius 1 is 1.19 bits per heavy atom. The van der Waals surface area contributed by atoms with Crippen LogP contribution in [0.4, 0.5) is 0 Å². The smallest absolute Gasteiger partial charge is 0.216 e. The molecule has 0 amide bonds. The second kappa shape index (κ2) is 4.53. The fraction of sp³-hybridized carbons (Fsp3) is 0.455. The first-order valence-electron chi connectivity index (χ1n) is 5.28. The first-order valence-corrected chi connectivity index (χ1v) is 6.93. The summed E-state index contributed by atoms with van der Waals surface area (Å²) in [5, 5.41) is 8.86. The minimum absolute atomic E-state index is 0.00914. The number of hydrogen-bond acceptors (Lipinski definition) is 3. The second-order valence-corrected chi connectivity index (χ2v) is 5.88. The molecule has 1 aliphatic carbocycles. The lowest BCUT2D eigenvalue weighted by atomic mass is 10.2. The molecule has 16 heavy (non-hydrogen) atoms. The summed E-state index contributed by atoms with van der Waals surface area (Å²) in [4.78, 5) is 0. The Bertz CT molecular complexity index is 449. The van der Waals surface area contributed by atoms with Crippen molar-refractivity contribution >= 4 is 10.0 Å². The van der Waals surface area contributed by atoms with Gasteiger partial charge in [-0.2, -0.15) is 0 Å². The summed E-state index contributed by atoms with van der Waals surface area (Å²) < 4.78 is 25.9. The maximum atomic E-state index is 11.6. The Kier molecular flexibility index (Phi) is 3.28. The van der Waals surface area contributed by atoms with Crippen molar-refractivity contribution in [1.29, 1.82) is 0 Å². The van der Waals surface area contributed by atoms with Gasteiger partial charge in [0.2, 0.25) is 10.0 Å². The summed E-state index contributed by atoms with van der Waals surface area (Å²) in [6.45, 7) is -0.0205. The van der Waals surface area contributed by atoms with E-state index in [1.165, 1.54) is 0 Å². The standard InChI is InChI=1S/C11H15NO3S/c13-7-9-1-3-10(4-2-9)8-16(14,15)12-11-5-6-11/h1-4,11-13H,5-8H2. The van der Waals surface area contributed by atoms with Crippen molar-refractivity contribution in [3.63, 3.8) is 0 Å². The second-order valence-electron chi connectivity index (χ2n) is 4.13. The van der Waals surface area contributed by atoms with Gasteiger partial charge in [0.05, 0.1) is 12.4 Å². The van der Waals surface area contributed by atoms with Gasteiger partial charge in [-0.1, -0.05) is 24.3 Å². The number of hydrogen-bond donors (Lipinski definition) is 2. The van der Waals surface area contributed by atoms with Crippen molar-refractivity contribution in [2.24, 2.45) is 0 Å². The highest BCUT2D eigenvalue weighted by atomic mass is 32.2. The summed E-state index contributed by atoms with van der Waals surface area (Å²) in [5.41, 5.74) is 1.53. The molecule has 2 rings (SSSR count). The number of aliphatic hydroxyl groups is 1. The van der Waals surface area contributed by atoms with Gasteiger partial charge in [-0.15, -0.1) is 0 Å². The number of benzene rings is 1. The summed E-state index contributed by atoms with van der Waals surface area (Å²) in [7, 11) is -3.20. The molecule has 1 aromatic rings.